The van der Waals surface area contributed by atoms with Crippen molar-refractivity contribution in [3.63, 3.8) is 0 Å². The van der Waals surface area contributed by atoms with Gasteiger partial charge < -0.3 is 10.2 Å². The highest BCUT2D eigenvalue weighted by molar-refractivity contribution is 7.89. The summed E-state index contributed by atoms with van der Waals surface area (Å²) in [5.74, 6) is 5.51. The van der Waals surface area contributed by atoms with Gasteiger partial charge >= 0.3 is 0 Å². The molecule has 0 radical (unpaired) electrons. The zero-order valence-electron chi connectivity index (χ0n) is 11.3. The molecule has 0 saturated carbocycles. The number of aromatic nitrogens is 1. The molecule has 19 heavy (non-hydrogen) atoms. The molecule has 0 fully saturated rings. The predicted octanol–water partition coefficient (Wildman–Crippen LogP) is 0.413. The first-order chi connectivity index (χ1) is 8.87. The molecule has 3 N–H and O–H groups in total. The third-order valence-electron chi connectivity index (χ3n) is 2.44. The van der Waals surface area contributed by atoms with E-state index in [4.69, 9.17) is 10.6 Å². The zero-order chi connectivity index (χ0) is 14.5. The van der Waals surface area contributed by atoms with Crippen molar-refractivity contribution in [1.82, 2.24) is 9.29 Å². The lowest BCUT2D eigenvalue weighted by molar-refractivity contribution is 0.0737. The topological polar surface area (TPSA) is 97.5 Å². The molecule has 0 aliphatic carbocycles. The lowest BCUT2D eigenvalue weighted by atomic mass is 10.5. The van der Waals surface area contributed by atoms with Crippen molar-refractivity contribution in [1.29, 1.82) is 0 Å². The van der Waals surface area contributed by atoms with Crippen LogP contribution in [0.5, 0.6) is 0 Å². The molecule has 0 unspecified atom stereocenters. The highest BCUT2D eigenvalue weighted by Crippen LogP contribution is 2.16. The second-order valence-electron chi connectivity index (χ2n) is 4.27. The van der Waals surface area contributed by atoms with Gasteiger partial charge in [0.05, 0.1) is 17.6 Å². The highest BCUT2D eigenvalue weighted by Gasteiger charge is 2.21. The van der Waals surface area contributed by atoms with Gasteiger partial charge in [0.25, 0.3) is 0 Å². The number of nitrogen functional groups attached to an aromatic ring is 1. The van der Waals surface area contributed by atoms with Gasteiger partial charge in [0.15, 0.2) is 0 Å². The van der Waals surface area contributed by atoms with E-state index in [-0.39, 0.29) is 17.5 Å². The lowest BCUT2D eigenvalue weighted by Gasteiger charge is -2.18. The fraction of sp³-hybridized carbons (Fsp3) is 0.545. The number of hydrogen-bond acceptors (Lipinski definition) is 6. The Labute approximate surface area is 113 Å². The number of ether oxygens (including phenoxy) is 1. The predicted molar refractivity (Wildman–Crippen MR) is 73.0 cm³/mol. The maximum absolute atomic E-state index is 12.3. The molecule has 7 nitrogen and oxygen atoms in total. The number of hydrogen-bond donors (Lipinski definition) is 2. The number of rotatable bonds is 7. The third kappa shape index (κ3) is 4.43. The molecule has 1 aromatic heterocycles. The Bertz CT molecular complexity index is 504. The molecule has 0 aliphatic rings. The van der Waals surface area contributed by atoms with Crippen LogP contribution in [0.1, 0.15) is 13.8 Å². The molecular weight excluding hydrogens is 268 g/mol. The number of nitrogens with zero attached hydrogens (tertiary/aromatic N) is 2. The van der Waals surface area contributed by atoms with Crippen LogP contribution < -0.4 is 11.3 Å². The zero-order valence-corrected chi connectivity index (χ0v) is 12.1. The maximum atomic E-state index is 12.3. The van der Waals surface area contributed by atoms with E-state index in [0.717, 1.165) is 0 Å². The van der Waals surface area contributed by atoms with Crippen LogP contribution in [0, 0.1) is 0 Å². The van der Waals surface area contributed by atoms with Crippen molar-refractivity contribution in [2.24, 2.45) is 5.84 Å². The highest BCUT2D eigenvalue weighted by atomic mass is 32.2. The number of hydrazine groups is 1. The van der Waals surface area contributed by atoms with Crippen LogP contribution in [0.25, 0.3) is 0 Å². The van der Waals surface area contributed by atoms with Crippen molar-refractivity contribution < 1.29 is 13.2 Å². The van der Waals surface area contributed by atoms with E-state index >= 15 is 0 Å². The van der Waals surface area contributed by atoms with E-state index in [9.17, 15) is 8.42 Å². The average Bonchev–Trinajstić information content (AvgIpc) is 2.38. The number of sulfonamides is 1. The summed E-state index contributed by atoms with van der Waals surface area (Å²) in [6, 6.07) is 2.81. The summed E-state index contributed by atoms with van der Waals surface area (Å²) in [5.41, 5.74) is 2.32. The normalized spacial score (nSPS) is 12.1. The first kappa shape index (κ1) is 15.8. The molecule has 1 aromatic rings. The molecular formula is C11H20N4O3S. The van der Waals surface area contributed by atoms with Crippen LogP contribution in [-0.2, 0) is 14.8 Å². The van der Waals surface area contributed by atoms with Crippen LogP contribution in [0.3, 0.4) is 0 Å². The standard InChI is InChI=1S/C11H20N4O3S/c1-9(2)18-7-6-15(3)19(16,17)10-4-5-13-11(8-10)14-12/h4-5,8-9H,6-7,12H2,1-3H3,(H,13,14). The minimum atomic E-state index is -3.55. The molecule has 0 bridgehead atoms. The molecule has 108 valence electrons. The Morgan fingerprint density at radius 3 is 2.79 bits per heavy atom. The van der Waals surface area contributed by atoms with Gasteiger partial charge in [-0.2, -0.15) is 4.31 Å². The van der Waals surface area contributed by atoms with Gasteiger partial charge in [-0.25, -0.2) is 19.2 Å². The van der Waals surface area contributed by atoms with Gasteiger partial charge in [-0.3, -0.25) is 0 Å². The van der Waals surface area contributed by atoms with Gasteiger partial charge in [-0.1, -0.05) is 0 Å². The number of nitrogens with two attached hydrogens (primary N) is 1. The molecule has 1 rings (SSSR count). The number of nitrogens with one attached hydrogen (secondary N) is 1. The molecule has 8 heteroatoms. The van der Waals surface area contributed by atoms with Crippen LogP contribution >= 0.6 is 0 Å². The van der Waals surface area contributed by atoms with E-state index in [2.05, 4.69) is 10.4 Å². The first-order valence-corrected chi connectivity index (χ1v) is 7.32. The molecule has 0 aliphatic heterocycles. The SMILES string of the molecule is CC(C)OCCN(C)S(=O)(=O)c1ccnc(NN)c1. The summed E-state index contributed by atoms with van der Waals surface area (Å²) in [6.07, 6.45) is 1.46. The minimum Gasteiger partial charge on any atom is -0.377 e. The van der Waals surface area contributed by atoms with Gasteiger partial charge in [-0.05, 0) is 19.9 Å². The molecule has 0 aromatic carbocycles. The number of anilines is 1. The van der Waals surface area contributed by atoms with Crippen molar-refractivity contribution >= 4 is 15.8 Å². The Hall–Kier alpha value is -1.22. The molecule has 1 heterocycles. The maximum Gasteiger partial charge on any atom is 0.243 e. The van der Waals surface area contributed by atoms with E-state index in [1.54, 1.807) is 0 Å². The van der Waals surface area contributed by atoms with Gasteiger partial charge in [-0.15, -0.1) is 0 Å². The second-order valence-corrected chi connectivity index (χ2v) is 6.31. The Balaban J connectivity index is 2.78. The summed E-state index contributed by atoms with van der Waals surface area (Å²) in [7, 11) is -2.04. The van der Waals surface area contributed by atoms with Crippen molar-refractivity contribution in [2.45, 2.75) is 24.8 Å². The molecule has 0 amide bonds. The summed E-state index contributed by atoms with van der Waals surface area (Å²) < 4.78 is 31.1. The second kappa shape index (κ2) is 6.80. The van der Waals surface area contributed by atoms with E-state index < -0.39 is 10.0 Å². The van der Waals surface area contributed by atoms with E-state index in [1.165, 1.54) is 29.7 Å². The minimum absolute atomic E-state index is 0.0741. The Kier molecular flexibility index (Phi) is 5.67. The summed E-state index contributed by atoms with van der Waals surface area (Å²) in [5, 5.41) is 0. The van der Waals surface area contributed by atoms with Gasteiger partial charge in [0.2, 0.25) is 10.0 Å². The monoisotopic (exact) mass is 288 g/mol. The number of pyridine rings is 1. The quantitative estimate of drug-likeness (QED) is 0.557. The Morgan fingerprint density at radius 1 is 1.53 bits per heavy atom. The first-order valence-electron chi connectivity index (χ1n) is 5.88. The lowest BCUT2D eigenvalue weighted by Crippen LogP contribution is -2.31. The third-order valence-corrected chi connectivity index (χ3v) is 4.30. The fourth-order valence-electron chi connectivity index (χ4n) is 1.37. The van der Waals surface area contributed by atoms with Crippen molar-refractivity contribution in [2.75, 3.05) is 25.6 Å². The smallest absolute Gasteiger partial charge is 0.243 e. The summed E-state index contributed by atoms with van der Waals surface area (Å²) in [6.45, 7) is 4.43. The van der Waals surface area contributed by atoms with Crippen LogP contribution in [0.15, 0.2) is 23.2 Å². The fourth-order valence-corrected chi connectivity index (χ4v) is 2.54. The molecule has 0 spiro atoms. The van der Waals surface area contributed by atoms with Crippen LogP contribution in [0.2, 0.25) is 0 Å². The average molecular weight is 288 g/mol. The molecule has 0 saturated heterocycles. The van der Waals surface area contributed by atoms with Gasteiger partial charge in [0, 0.05) is 25.9 Å². The number of likely N-dealkylation sites (N-methyl/N-ethyl adjacent to an activating group) is 1. The largest absolute Gasteiger partial charge is 0.377 e. The van der Waals surface area contributed by atoms with E-state index in [1.807, 2.05) is 13.8 Å². The van der Waals surface area contributed by atoms with Crippen LogP contribution in [-0.4, -0.2) is 44.0 Å². The van der Waals surface area contributed by atoms with Crippen molar-refractivity contribution in [3.8, 4) is 0 Å². The van der Waals surface area contributed by atoms with Gasteiger partial charge in [0.1, 0.15) is 5.82 Å². The van der Waals surface area contributed by atoms with Crippen LogP contribution in [0.4, 0.5) is 5.82 Å². The summed E-state index contributed by atoms with van der Waals surface area (Å²) in [4.78, 5) is 4.01. The summed E-state index contributed by atoms with van der Waals surface area (Å²) >= 11 is 0. The Morgan fingerprint density at radius 2 is 2.21 bits per heavy atom. The van der Waals surface area contributed by atoms with Crippen molar-refractivity contribution in [3.05, 3.63) is 18.3 Å². The van der Waals surface area contributed by atoms with E-state index in [0.29, 0.717) is 12.4 Å². The molecule has 0 atom stereocenters.